The number of anilines is 2. The van der Waals surface area contributed by atoms with Crippen molar-refractivity contribution in [2.24, 2.45) is 0 Å². The first kappa shape index (κ1) is 12.4. The minimum Gasteiger partial charge on any atom is -0.325 e. The van der Waals surface area contributed by atoms with Crippen molar-refractivity contribution in [3.8, 4) is 0 Å². The molecule has 1 aromatic heterocycles. The van der Waals surface area contributed by atoms with E-state index < -0.39 is 0 Å². The molecule has 0 saturated heterocycles. The van der Waals surface area contributed by atoms with Crippen molar-refractivity contribution in [1.82, 2.24) is 9.55 Å². The third-order valence-corrected chi connectivity index (χ3v) is 2.96. The first-order valence-corrected chi connectivity index (χ1v) is 6.08. The molecule has 0 aliphatic rings. The van der Waals surface area contributed by atoms with Crippen LogP contribution in [0.4, 0.5) is 11.6 Å². The Hall–Kier alpha value is -2.03. The fourth-order valence-corrected chi connectivity index (χ4v) is 2.21. The molecule has 0 spiro atoms. The van der Waals surface area contributed by atoms with E-state index >= 15 is 0 Å². The van der Waals surface area contributed by atoms with Crippen LogP contribution in [-0.4, -0.2) is 9.55 Å². The predicted molar refractivity (Wildman–Crippen MR) is 76.4 cm³/mol. The lowest BCUT2D eigenvalue weighted by molar-refractivity contribution is 0.832. The molecule has 1 aromatic carbocycles. The number of benzene rings is 1. The van der Waals surface area contributed by atoms with Gasteiger partial charge in [-0.2, -0.15) is 0 Å². The summed E-state index contributed by atoms with van der Waals surface area (Å²) in [6.45, 7) is 10.9. The Kier molecular flexibility index (Phi) is 3.51. The highest BCUT2D eigenvalue weighted by Gasteiger charge is 2.07. The second-order valence-corrected chi connectivity index (χ2v) is 4.59. The highest BCUT2D eigenvalue weighted by Crippen LogP contribution is 2.25. The Morgan fingerprint density at radius 2 is 1.94 bits per heavy atom. The van der Waals surface area contributed by atoms with Crippen LogP contribution in [0.15, 0.2) is 37.2 Å². The monoisotopic (exact) mass is 241 g/mol. The van der Waals surface area contributed by atoms with E-state index in [2.05, 4.69) is 49.8 Å². The van der Waals surface area contributed by atoms with Crippen molar-refractivity contribution < 1.29 is 0 Å². The van der Waals surface area contributed by atoms with Crippen molar-refractivity contribution >= 4 is 11.6 Å². The molecule has 0 fully saturated rings. The molecule has 3 nitrogen and oxygen atoms in total. The normalized spacial score (nSPS) is 10.4. The molecule has 2 aromatic rings. The summed E-state index contributed by atoms with van der Waals surface area (Å²) in [4.78, 5) is 4.34. The number of hydrogen-bond donors (Lipinski definition) is 1. The molecule has 0 aliphatic heterocycles. The van der Waals surface area contributed by atoms with Crippen LogP contribution in [0.25, 0.3) is 0 Å². The third-order valence-electron chi connectivity index (χ3n) is 2.96. The van der Waals surface area contributed by atoms with Crippen LogP contribution in [0.1, 0.15) is 16.7 Å². The van der Waals surface area contributed by atoms with E-state index in [9.17, 15) is 0 Å². The van der Waals surface area contributed by atoms with Gasteiger partial charge in [0.1, 0.15) is 0 Å². The zero-order valence-electron chi connectivity index (χ0n) is 11.2. The molecule has 0 amide bonds. The van der Waals surface area contributed by atoms with Gasteiger partial charge in [0.2, 0.25) is 5.95 Å². The van der Waals surface area contributed by atoms with Gasteiger partial charge in [-0.1, -0.05) is 23.8 Å². The van der Waals surface area contributed by atoms with Crippen molar-refractivity contribution in [1.29, 1.82) is 0 Å². The largest absolute Gasteiger partial charge is 0.325 e. The first-order valence-electron chi connectivity index (χ1n) is 6.08. The van der Waals surface area contributed by atoms with Gasteiger partial charge >= 0.3 is 0 Å². The zero-order chi connectivity index (χ0) is 13.1. The van der Waals surface area contributed by atoms with E-state index in [1.807, 2.05) is 16.8 Å². The maximum absolute atomic E-state index is 4.34. The molecule has 0 radical (unpaired) electrons. The van der Waals surface area contributed by atoms with Gasteiger partial charge in [0.25, 0.3) is 0 Å². The van der Waals surface area contributed by atoms with Gasteiger partial charge in [-0.05, 0) is 31.9 Å². The molecule has 2 rings (SSSR count). The minimum absolute atomic E-state index is 0.756. The van der Waals surface area contributed by atoms with Gasteiger partial charge in [-0.3, -0.25) is 0 Å². The van der Waals surface area contributed by atoms with Crippen molar-refractivity contribution in [3.05, 3.63) is 53.9 Å². The number of allylic oxidation sites excluding steroid dienone is 1. The zero-order valence-corrected chi connectivity index (χ0v) is 11.2. The molecule has 1 heterocycles. The van der Waals surface area contributed by atoms with E-state index in [4.69, 9.17) is 0 Å². The molecule has 0 bridgehead atoms. The summed E-state index contributed by atoms with van der Waals surface area (Å²) >= 11 is 0. The second-order valence-electron chi connectivity index (χ2n) is 4.59. The summed E-state index contributed by atoms with van der Waals surface area (Å²) in [6, 6.07) is 4.35. The number of nitrogens with one attached hydrogen (secondary N) is 1. The lowest BCUT2D eigenvalue weighted by atomic mass is 10.1. The number of hydrogen-bond acceptors (Lipinski definition) is 2. The van der Waals surface area contributed by atoms with Gasteiger partial charge in [0, 0.05) is 24.6 Å². The molecule has 0 unspecified atom stereocenters. The van der Waals surface area contributed by atoms with Gasteiger partial charge in [-0.25, -0.2) is 4.98 Å². The van der Waals surface area contributed by atoms with Crippen LogP contribution >= 0.6 is 0 Å². The van der Waals surface area contributed by atoms with Crippen LogP contribution in [-0.2, 0) is 6.54 Å². The van der Waals surface area contributed by atoms with Crippen molar-refractivity contribution in [2.75, 3.05) is 5.32 Å². The summed E-state index contributed by atoms with van der Waals surface area (Å²) in [6.07, 6.45) is 5.61. The number of nitrogens with zero attached hydrogens (tertiary/aromatic N) is 2. The van der Waals surface area contributed by atoms with Gasteiger partial charge < -0.3 is 9.88 Å². The fraction of sp³-hybridized carbons (Fsp3) is 0.267. The molecule has 0 saturated carbocycles. The van der Waals surface area contributed by atoms with Gasteiger partial charge in [0.15, 0.2) is 0 Å². The molecule has 1 N–H and O–H groups in total. The average Bonchev–Trinajstić information content (AvgIpc) is 2.71. The maximum atomic E-state index is 4.34. The topological polar surface area (TPSA) is 29.9 Å². The van der Waals surface area contributed by atoms with E-state index in [0.29, 0.717) is 0 Å². The molecule has 94 valence electrons. The lowest BCUT2D eigenvalue weighted by Crippen LogP contribution is -2.04. The Morgan fingerprint density at radius 3 is 2.56 bits per heavy atom. The molecule has 3 heteroatoms. The number of aryl methyl sites for hydroxylation is 3. The van der Waals surface area contributed by atoms with Crippen LogP contribution in [0.5, 0.6) is 0 Å². The highest BCUT2D eigenvalue weighted by atomic mass is 15.2. The third kappa shape index (κ3) is 2.45. The van der Waals surface area contributed by atoms with E-state index in [1.54, 1.807) is 6.20 Å². The Morgan fingerprint density at radius 1 is 1.28 bits per heavy atom. The fourth-order valence-electron chi connectivity index (χ4n) is 2.21. The summed E-state index contributed by atoms with van der Waals surface area (Å²) in [5, 5.41) is 3.41. The quantitative estimate of drug-likeness (QED) is 0.826. The molecule has 0 aliphatic carbocycles. The van der Waals surface area contributed by atoms with E-state index in [1.165, 1.54) is 16.7 Å². The minimum atomic E-state index is 0.756. The number of rotatable bonds is 4. The smallest absolute Gasteiger partial charge is 0.207 e. The van der Waals surface area contributed by atoms with E-state index in [0.717, 1.165) is 18.2 Å². The molecular weight excluding hydrogens is 222 g/mol. The maximum Gasteiger partial charge on any atom is 0.207 e. The summed E-state index contributed by atoms with van der Waals surface area (Å²) < 4.78 is 2.03. The number of imidazole rings is 1. The Bertz CT molecular complexity index is 544. The van der Waals surface area contributed by atoms with Crippen LogP contribution in [0, 0.1) is 20.8 Å². The molecule has 18 heavy (non-hydrogen) atoms. The predicted octanol–water partition coefficient (Wildman–Crippen LogP) is 3.74. The summed E-state index contributed by atoms with van der Waals surface area (Å²) in [5.74, 6) is 0.852. The summed E-state index contributed by atoms with van der Waals surface area (Å²) in [5.41, 5.74) is 4.89. The summed E-state index contributed by atoms with van der Waals surface area (Å²) in [7, 11) is 0. The average molecular weight is 241 g/mol. The van der Waals surface area contributed by atoms with Crippen molar-refractivity contribution in [2.45, 2.75) is 27.3 Å². The Balaban J connectivity index is 2.34. The Labute approximate surface area is 108 Å². The molecule has 0 atom stereocenters. The second kappa shape index (κ2) is 5.08. The first-order chi connectivity index (χ1) is 8.61. The van der Waals surface area contributed by atoms with Gasteiger partial charge in [-0.15, -0.1) is 6.58 Å². The van der Waals surface area contributed by atoms with Crippen LogP contribution < -0.4 is 5.32 Å². The van der Waals surface area contributed by atoms with Crippen LogP contribution in [0.3, 0.4) is 0 Å². The highest BCUT2D eigenvalue weighted by molar-refractivity contribution is 5.64. The molecular formula is C15H19N3. The standard InChI is InChI=1S/C15H19N3/c1-5-7-18-8-6-16-15(18)17-14-12(3)9-11(2)10-13(14)4/h5-6,8-10H,1,7H2,2-4H3,(H,16,17). The van der Waals surface area contributed by atoms with Crippen LogP contribution in [0.2, 0.25) is 0 Å². The van der Waals surface area contributed by atoms with Gasteiger partial charge in [0.05, 0.1) is 0 Å². The lowest BCUT2D eigenvalue weighted by Gasteiger charge is -2.14. The number of aromatic nitrogens is 2. The SMILES string of the molecule is C=CCn1ccnc1Nc1c(C)cc(C)cc1C. The van der Waals surface area contributed by atoms with E-state index in [-0.39, 0.29) is 0 Å². The van der Waals surface area contributed by atoms with Crippen molar-refractivity contribution in [3.63, 3.8) is 0 Å².